The third-order valence-electron chi connectivity index (χ3n) is 3.07. The number of hydrogen-bond acceptors (Lipinski definition) is 2. The van der Waals surface area contributed by atoms with Gasteiger partial charge in [0, 0.05) is 6.04 Å². The van der Waals surface area contributed by atoms with Gasteiger partial charge in [0.05, 0.1) is 0 Å². The summed E-state index contributed by atoms with van der Waals surface area (Å²) in [5.74, 6) is 0. The molecular formula is C12H26N2. The Morgan fingerprint density at radius 1 is 1.00 bits per heavy atom. The largest absolute Gasteiger partial charge is 0.317 e. The van der Waals surface area contributed by atoms with Gasteiger partial charge >= 0.3 is 0 Å². The summed E-state index contributed by atoms with van der Waals surface area (Å²) in [5.41, 5.74) is 0. The molecule has 1 aliphatic rings. The summed E-state index contributed by atoms with van der Waals surface area (Å²) in [4.78, 5) is 0. The standard InChI is InChI=1S/C12H26N2/c1-2-13-10-7-11-14-12-8-5-3-4-6-9-12/h12-14H,2-11H2,1H3. The quantitative estimate of drug-likeness (QED) is 0.505. The zero-order valence-electron chi connectivity index (χ0n) is 9.65. The van der Waals surface area contributed by atoms with Crippen LogP contribution in [0.5, 0.6) is 0 Å². The SMILES string of the molecule is CCNCCCNC1CCCCCC1. The first-order valence-electron chi connectivity index (χ1n) is 6.37. The van der Waals surface area contributed by atoms with E-state index < -0.39 is 0 Å². The number of hydrogen-bond donors (Lipinski definition) is 2. The first kappa shape index (κ1) is 12.0. The molecule has 0 aromatic carbocycles. The highest BCUT2D eigenvalue weighted by atomic mass is 14.9. The van der Waals surface area contributed by atoms with Gasteiger partial charge in [-0.3, -0.25) is 0 Å². The molecule has 0 unspecified atom stereocenters. The molecule has 0 aromatic rings. The van der Waals surface area contributed by atoms with Gasteiger partial charge < -0.3 is 10.6 Å². The lowest BCUT2D eigenvalue weighted by atomic mass is 10.1. The topological polar surface area (TPSA) is 24.1 Å². The Balaban J connectivity index is 1.93. The molecule has 0 amide bonds. The lowest BCUT2D eigenvalue weighted by Gasteiger charge is -2.15. The minimum atomic E-state index is 0.819. The van der Waals surface area contributed by atoms with Crippen molar-refractivity contribution in [2.75, 3.05) is 19.6 Å². The van der Waals surface area contributed by atoms with Crippen molar-refractivity contribution in [1.82, 2.24) is 10.6 Å². The van der Waals surface area contributed by atoms with Crippen LogP contribution in [0.1, 0.15) is 51.9 Å². The molecule has 0 saturated heterocycles. The van der Waals surface area contributed by atoms with Crippen molar-refractivity contribution in [3.8, 4) is 0 Å². The van der Waals surface area contributed by atoms with Crippen LogP contribution < -0.4 is 10.6 Å². The minimum absolute atomic E-state index is 0.819. The Kier molecular flexibility index (Phi) is 7.06. The van der Waals surface area contributed by atoms with E-state index in [1.54, 1.807) is 0 Å². The van der Waals surface area contributed by atoms with E-state index in [0.717, 1.165) is 19.1 Å². The van der Waals surface area contributed by atoms with Crippen LogP contribution in [-0.4, -0.2) is 25.7 Å². The first-order valence-corrected chi connectivity index (χ1v) is 6.37. The van der Waals surface area contributed by atoms with E-state index in [1.165, 1.54) is 51.5 Å². The summed E-state index contributed by atoms with van der Waals surface area (Å²) in [6.07, 6.45) is 9.85. The van der Waals surface area contributed by atoms with Crippen LogP contribution in [0.2, 0.25) is 0 Å². The summed E-state index contributed by atoms with van der Waals surface area (Å²) in [6, 6.07) is 0.819. The molecule has 0 aliphatic heterocycles. The molecule has 0 aromatic heterocycles. The number of nitrogens with one attached hydrogen (secondary N) is 2. The van der Waals surface area contributed by atoms with Crippen molar-refractivity contribution in [1.29, 1.82) is 0 Å². The maximum Gasteiger partial charge on any atom is 0.00670 e. The highest BCUT2D eigenvalue weighted by Crippen LogP contribution is 2.16. The highest BCUT2D eigenvalue weighted by Gasteiger charge is 2.10. The zero-order chi connectivity index (χ0) is 10.1. The van der Waals surface area contributed by atoms with Gasteiger partial charge in [0.15, 0.2) is 0 Å². The predicted molar refractivity (Wildman–Crippen MR) is 62.7 cm³/mol. The summed E-state index contributed by atoms with van der Waals surface area (Å²) in [6.45, 7) is 5.62. The molecule has 0 heterocycles. The predicted octanol–water partition coefficient (Wildman–Crippen LogP) is 2.30. The molecule has 0 atom stereocenters. The Labute approximate surface area is 88.8 Å². The second-order valence-electron chi connectivity index (χ2n) is 4.35. The van der Waals surface area contributed by atoms with Crippen molar-refractivity contribution < 1.29 is 0 Å². The average molecular weight is 198 g/mol. The van der Waals surface area contributed by atoms with Crippen LogP contribution in [0, 0.1) is 0 Å². The monoisotopic (exact) mass is 198 g/mol. The molecule has 1 saturated carbocycles. The van der Waals surface area contributed by atoms with Gasteiger partial charge in [-0.25, -0.2) is 0 Å². The third kappa shape index (κ3) is 5.61. The normalized spacial score (nSPS) is 19.5. The molecule has 2 nitrogen and oxygen atoms in total. The van der Waals surface area contributed by atoms with E-state index in [1.807, 2.05) is 0 Å². The molecule has 0 radical (unpaired) electrons. The van der Waals surface area contributed by atoms with Crippen LogP contribution in [0.4, 0.5) is 0 Å². The van der Waals surface area contributed by atoms with Crippen LogP contribution in [0.3, 0.4) is 0 Å². The molecule has 14 heavy (non-hydrogen) atoms. The molecule has 84 valence electrons. The van der Waals surface area contributed by atoms with Crippen molar-refractivity contribution in [2.24, 2.45) is 0 Å². The Bertz CT molecular complexity index is 117. The third-order valence-corrected chi connectivity index (χ3v) is 3.07. The van der Waals surface area contributed by atoms with E-state index in [0.29, 0.717) is 0 Å². The second kappa shape index (κ2) is 8.25. The average Bonchev–Trinajstić information content (AvgIpc) is 2.46. The van der Waals surface area contributed by atoms with E-state index in [4.69, 9.17) is 0 Å². The fraction of sp³-hybridized carbons (Fsp3) is 1.00. The zero-order valence-corrected chi connectivity index (χ0v) is 9.65. The fourth-order valence-corrected chi connectivity index (χ4v) is 2.18. The van der Waals surface area contributed by atoms with Gasteiger partial charge in [0.2, 0.25) is 0 Å². The summed E-state index contributed by atoms with van der Waals surface area (Å²) >= 11 is 0. The fourth-order valence-electron chi connectivity index (χ4n) is 2.18. The summed E-state index contributed by atoms with van der Waals surface area (Å²) in [5, 5.41) is 7.04. The van der Waals surface area contributed by atoms with Crippen LogP contribution in [-0.2, 0) is 0 Å². The van der Waals surface area contributed by atoms with Crippen molar-refractivity contribution in [3.05, 3.63) is 0 Å². The maximum absolute atomic E-state index is 3.68. The lowest BCUT2D eigenvalue weighted by molar-refractivity contribution is 0.452. The van der Waals surface area contributed by atoms with E-state index in [-0.39, 0.29) is 0 Å². The van der Waals surface area contributed by atoms with Gasteiger partial charge in [-0.05, 0) is 38.9 Å². The number of rotatable bonds is 6. The minimum Gasteiger partial charge on any atom is -0.317 e. The molecule has 1 aliphatic carbocycles. The van der Waals surface area contributed by atoms with Crippen molar-refractivity contribution in [3.63, 3.8) is 0 Å². The summed E-state index contributed by atoms with van der Waals surface area (Å²) < 4.78 is 0. The van der Waals surface area contributed by atoms with E-state index in [2.05, 4.69) is 17.6 Å². The van der Waals surface area contributed by atoms with Crippen LogP contribution in [0.15, 0.2) is 0 Å². The van der Waals surface area contributed by atoms with E-state index >= 15 is 0 Å². The Morgan fingerprint density at radius 2 is 1.71 bits per heavy atom. The van der Waals surface area contributed by atoms with Gasteiger partial charge in [-0.15, -0.1) is 0 Å². The van der Waals surface area contributed by atoms with Crippen molar-refractivity contribution >= 4 is 0 Å². The molecule has 0 spiro atoms. The lowest BCUT2D eigenvalue weighted by Crippen LogP contribution is -2.31. The molecular weight excluding hydrogens is 172 g/mol. The van der Waals surface area contributed by atoms with Crippen LogP contribution in [0.25, 0.3) is 0 Å². The molecule has 1 rings (SSSR count). The first-order chi connectivity index (χ1) is 6.93. The molecule has 2 N–H and O–H groups in total. The molecule has 1 fully saturated rings. The maximum atomic E-state index is 3.68. The van der Waals surface area contributed by atoms with Gasteiger partial charge in [0.25, 0.3) is 0 Å². The van der Waals surface area contributed by atoms with Gasteiger partial charge in [-0.2, -0.15) is 0 Å². The van der Waals surface area contributed by atoms with Gasteiger partial charge in [-0.1, -0.05) is 32.6 Å². The molecule has 0 bridgehead atoms. The smallest absolute Gasteiger partial charge is 0.00670 e. The van der Waals surface area contributed by atoms with E-state index in [9.17, 15) is 0 Å². The highest BCUT2D eigenvalue weighted by molar-refractivity contribution is 4.70. The van der Waals surface area contributed by atoms with Crippen molar-refractivity contribution in [2.45, 2.75) is 57.9 Å². The van der Waals surface area contributed by atoms with Crippen LogP contribution >= 0.6 is 0 Å². The second-order valence-corrected chi connectivity index (χ2v) is 4.35. The molecule has 2 heteroatoms. The van der Waals surface area contributed by atoms with Gasteiger partial charge in [0.1, 0.15) is 0 Å². The summed E-state index contributed by atoms with van der Waals surface area (Å²) in [7, 11) is 0. The Hall–Kier alpha value is -0.0800. The Morgan fingerprint density at radius 3 is 2.36 bits per heavy atom.